The van der Waals surface area contributed by atoms with Crippen molar-refractivity contribution in [2.24, 2.45) is 11.7 Å². The molecule has 7 heteroatoms. The summed E-state index contributed by atoms with van der Waals surface area (Å²) >= 11 is 0. The van der Waals surface area contributed by atoms with Gasteiger partial charge in [0, 0.05) is 19.6 Å². The van der Waals surface area contributed by atoms with E-state index in [9.17, 15) is 4.79 Å². The summed E-state index contributed by atoms with van der Waals surface area (Å²) in [7, 11) is 1.98. The molecule has 2 heterocycles. The number of hydrogen-bond donors (Lipinski definition) is 3. The number of amides is 1. The van der Waals surface area contributed by atoms with E-state index in [-0.39, 0.29) is 24.0 Å². The SMILES string of the molecule is CC1CCC(C(=O)NOC2CCN(C(=N)N)C2)N(C)C1. The van der Waals surface area contributed by atoms with Crippen molar-refractivity contribution in [2.75, 3.05) is 26.7 Å². The molecule has 0 radical (unpaired) electrons. The number of hydrogen-bond acceptors (Lipinski definition) is 4. The molecule has 3 unspecified atom stereocenters. The third-order valence-electron chi connectivity index (χ3n) is 4.18. The zero-order valence-electron chi connectivity index (χ0n) is 12.3. The molecular weight excluding hydrogens is 258 g/mol. The maximum atomic E-state index is 12.1. The Morgan fingerprint density at radius 2 is 2.10 bits per heavy atom. The van der Waals surface area contributed by atoms with Crippen LogP contribution in [-0.2, 0) is 9.63 Å². The van der Waals surface area contributed by atoms with Crippen LogP contribution in [0.25, 0.3) is 0 Å². The summed E-state index contributed by atoms with van der Waals surface area (Å²) in [6.07, 6.45) is 2.63. The molecule has 20 heavy (non-hydrogen) atoms. The van der Waals surface area contributed by atoms with E-state index in [1.807, 2.05) is 7.05 Å². The van der Waals surface area contributed by atoms with E-state index in [2.05, 4.69) is 17.3 Å². The second kappa shape index (κ2) is 6.41. The Labute approximate surface area is 119 Å². The molecule has 0 aromatic heterocycles. The van der Waals surface area contributed by atoms with E-state index in [1.54, 1.807) is 4.90 Å². The minimum absolute atomic E-state index is 0.0587. The number of nitrogens with one attached hydrogen (secondary N) is 2. The fourth-order valence-electron chi connectivity index (χ4n) is 2.96. The van der Waals surface area contributed by atoms with Crippen LogP contribution in [0.3, 0.4) is 0 Å². The lowest BCUT2D eigenvalue weighted by molar-refractivity contribution is -0.144. The van der Waals surface area contributed by atoms with E-state index in [4.69, 9.17) is 16.0 Å². The Balaban J connectivity index is 1.74. The van der Waals surface area contributed by atoms with Crippen molar-refractivity contribution in [3.05, 3.63) is 0 Å². The van der Waals surface area contributed by atoms with E-state index >= 15 is 0 Å². The van der Waals surface area contributed by atoms with Crippen LogP contribution >= 0.6 is 0 Å². The van der Waals surface area contributed by atoms with Gasteiger partial charge < -0.3 is 10.6 Å². The van der Waals surface area contributed by atoms with Crippen LogP contribution in [0.4, 0.5) is 0 Å². The van der Waals surface area contributed by atoms with Crippen molar-refractivity contribution in [3.63, 3.8) is 0 Å². The number of rotatable bonds is 3. The van der Waals surface area contributed by atoms with Gasteiger partial charge in [-0.15, -0.1) is 0 Å². The topological polar surface area (TPSA) is 94.7 Å². The second-order valence-electron chi connectivity index (χ2n) is 5.96. The molecule has 2 aliphatic heterocycles. The number of likely N-dealkylation sites (tertiary alicyclic amines) is 2. The van der Waals surface area contributed by atoms with E-state index < -0.39 is 0 Å². The van der Waals surface area contributed by atoms with Crippen LogP contribution in [-0.4, -0.2) is 60.5 Å². The monoisotopic (exact) mass is 283 g/mol. The summed E-state index contributed by atoms with van der Waals surface area (Å²) in [6.45, 7) is 4.42. The van der Waals surface area contributed by atoms with Crippen molar-refractivity contribution in [2.45, 2.75) is 38.3 Å². The van der Waals surface area contributed by atoms with Crippen molar-refractivity contribution >= 4 is 11.9 Å². The molecule has 0 aromatic carbocycles. The molecule has 114 valence electrons. The average molecular weight is 283 g/mol. The molecule has 0 bridgehead atoms. The summed E-state index contributed by atoms with van der Waals surface area (Å²) in [4.78, 5) is 21.4. The number of guanidine groups is 1. The Morgan fingerprint density at radius 1 is 1.35 bits per heavy atom. The van der Waals surface area contributed by atoms with Crippen LogP contribution < -0.4 is 11.2 Å². The molecule has 0 saturated carbocycles. The number of piperidine rings is 1. The highest BCUT2D eigenvalue weighted by molar-refractivity contribution is 5.80. The normalized spacial score (nSPS) is 31.3. The van der Waals surface area contributed by atoms with E-state index in [0.29, 0.717) is 19.0 Å². The molecule has 7 nitrogen and oxygen atoms in total. The first kappa shape index (κ1) is 15.1. The predicted molar refractivity (Wildman–Crippen MR) is 75.9 cm³/mol. The Bertz CT molecular complexity index is 376. The minimum Gasteiger partial charge on any atom is -0.370 e. The van der Waals surface area contributed by atoms with Gasteiger partial charge in [-0.3, -0.25) is 19.9 Å². The van der Waals surface area contributed by atoms with Gasteiger partial charge in [-0.25, -0.2) is 5.48 Å². The van der Waals surface area contributed by atoms with Crippen molar-refractivity contribution < 1.29 is 9.63 Å². The number of nitrogens with zero attached hydrogens (tertiary/aromatic N) is 2. The lowest BCUT2D eigenvalue weighted by Gasteiger charge is -2.34. The maximum Gasteiger partial charge on any atom is 0.260 e. The highest BCUT2D eigenvalue weighted by Crippen LogP contribution is 2.20. The number of likely N-dealkylation sites (N-methyl/N-ethyl adjacent to an activating group) is 1. The fourth-order valence-corrected chi connectivity index (χ4v) is 2.96. The first-order valence-electron chi connectivity index (χ1n) is 7.22. The van der Waals surface area contributed by atoms with Crippen molar-refractivity contribution in [1.82, 2.24) is 15.3 Å². The number of nitrogens with two attached hydrogens (primary N) is 1. The zero-order valence-corrected chi connectivity index (χ0v) is 12.3. The maximum absolute atomic E-state index is 12.1. The molecule has 1 amide bonds. The van der Waals surface area contributed by atoms with Gasteiger partial charge in [-0.1, -0.05) is 6.92 Å². The smallest absolute Gasteiger partial charge is 0.260 e. The van der Waals surface area contributed by atoms with E-state index in [1.165, 1.54) is 0 Å². The van der Waals surface area contributed by atoms with Crippen LogP contribution in [0.1, 0.15) is 26.2 Å². The van der Waals surface area contributed by atoms with Crippen LogP contribution in [0.15, 0.2) is 0 Å². The minimum atomic E-state index is -0.100. The molecule has 4 N–H and O–H groups in total. The molecule has 2 aliphatic rings. The Morgan fingerprint density at radius 3 is 2.70 bits per heavy atom. The predicted octanol–water partition coefficient (Wildman–Crippen LogP) is -0.268. The van der Waals surface area contributed by atoms with Crippen molar-refractivity contribution in [3.8, 4) is 0 Å². The molecule has 2 saturated heterocycles. The molecule has 2 fully saturated rings. The Kier molecular flexibility index (Phi) is 4.82. The lowest BCUT2D eigenvalue weighted by atomic mass is 9.94. The third kappa shape index (κ3) is 3.61. The lowest BCUT2D eigenvalue weighted by Crippen LogP contribution is -2.50. The molecule has 0 aromatic rings. The molecule has 0 spiro atoms. The second-order valence-corrected chi connectivity index (χ2v) is 5.96. The first-order chi connectivity index (χ1) is 9.47. The van der Waals surface area contributed by atoms with Crippen LogP contribution in [0, 0.1) is 11.3 Å². The molecule has 3 atom stereocenters. The fraction of sp³-hybridized carbons (Fsp3) is 0.846. The standard InChI is InChI=1S/C13H25N5O2/c1-9-3-4-11(17(2)7-9)12(19)16-20-10-5-6-18(8-10)13(14)15/h9-11H,3-8H2,1-2H3,(H3,14,15)(H,16,19). The van der Waals surface area contributed by atoms with Gasteiger partial charge >= 0.3 is 0 Å². The van der Waals surface area contributed by atoms with Gasteiger partial charge in [0.15, 0.2) is 5.96 Å². The highest BCUT2D eigenvalue weighted by Gasteiger charge is 2.30. The van der Waals surface area contributed by atoms with Crippen molar-refractivity contribution in [1.29, 1.82) is 5.41 Å². The number of carbonyl (C=O) groups is 1. The molecule has 0 aliphatic carbocycles. The highest BCUT2D eigenvalue weighted by atomic mass is 16.7. The van der Waals surface area contributed by atoms with Gasteiger partial charge in [-0.05, 0) is 32.2 Å². The number of carbonyl (C=O) groups excluding carboxylic acids is 1. The van der Waals surface area contributed by atoms with Crippen LogP contribution in [0.5, 0.6) is 0 Å². The van der Waals surface area contributed by atoms with Gasteiger partial charge in [-0.2, -0.15) is 0 Å². The van der Waals surface area contributed by atoms with Crippen LogP contribution in [0.2, 0.25) is 0 Å². The molecular formula is C13H25N5O2. The third-order valence-corrected chi connectivity index (χ3v) is 4.18. The quantitative estimate of drug-likeness (QED) is 0.376. The largest absolute Gasteiger partial charge is 0.370 e. The van der Waals surface area contributed by atoms with Gasteiger partial charge in [0.1, 0.15) is 6.10 Å². The van der Waals surface area contributed by atoms with Gasteiger partial charge in [0.2, 0.25) is 0 Å². The number of hydroxylamine groups is 1. The summed E-state index contributed by atoms with van der Waals surface area (Å²) in [5, 5.41) is 7.36. The Hall–Kier alpha value is -1.34. The first-order valence-corrected chi connectivity index (χ1v) is 7.22. The van der Waals surface area contributed by atoms with Gasteiger partial charge in [0.25, 0.3) is 5.91 Å². The summed E-state index contributed by atoms with van der Waals surface area (Å²) in [6, 6.07) is -0.100. The van der Waals surface area contributed by atoms with E-state index in [0.717, 1.165) is 25.8 Å². The summed E-state index contributed by atoms with van der Waals surface area (Å²) in [5.41, 5.74) is 8.00. The average Bonchev–Trinajstić information content (AvgIpc) is 2.85. The summed E-state index contributed by atoms with van der Waals surface area (Å²) < 4.78 is 0. The zero-order chi connectivity index (χ0) is 14.7. The van der Waals surface area contributed by atoms with Gasteiger partial charge in [0.05, 0.1) is 6.04 Å². The summed E-state index contributed by atoms with van der Waals surface area (Å²) in [5.74, 6) is 0.632. The molecule has 2 rings (SSSR count).